The Morgan fingerprint density at radius 3 is 2.48 bits per heavy atom. The molecule has 3 unspecified atom stereocenters. The highest BCUT2D eigenvalue weighted by Gasteiger charge is 2.27. The fourth-order valence-corrected chi connectivity index (χ4v) is 3.37. The van der Waals surface area contributed by atoms with Crippen LogP contribution < -0.4 is 0 Å². The highest BCUT2D eigenvalue weighted by molar-refractivity contribution is 7.85. The summed E-state index contributed by atoms with van der Waals surface area (Å²) >= 11 is 0. The third kappa shape index (κ3) is 3.71. The van der Waals surface area contributed by atoms with Crippen molar-refractivity contribution in [2.24, 2.45) is 5.92 Å². The first kappa shape index (κ1) is 16.2. The van der Waals surface area contributed by atoms with E-state index in [-0.39, 0.29) is 17.1 Å². The van der Waals surface area contributed by atoms with Crippen LogP contribution in [0, 0.1) is 5.92 Å². The molecule has 0 aromatic heterocycles. The monoisotopic (exact) mass is 309 g/mol. The van der Waals surface area contributed by atoms with Gasteiger partial charge in [0.05, 0.1) is 16.9 Å². The zero-order valence-corrected chi connectivity index (χ0v) is 13.6. The van der Waals surface area contributed by atoms with Crippen molar-refractivity contribution in [2.75, 3.05) is 13.1 Å². The molecule has 2 rings (SSSR count). The second kappa shape index (κ2) is 6.71. The second-order valence-corrected chi connectivity index (χ2v) is 7.96. The summed E-state index contributed by atoms with van der Waals surface area (Å²) < 4.78 is 12.0. The van der Waals surface area contributed by atoms with E-state index in [1.807, 2.05) is 20.8 Å². The standard InChI is InChI=1S/C16H23NO3S/c1-11(2)21(20)14-6-4-13(5-7-14)16(19)17-9-8-12(3)15(18)10-17/h4-7,11-12,15,18H,8-10H2,1-3H3. The zero-order chi connectivity index (χ0) is 15.6. The van der Waals surface area contributed by atoms with E-state index < -0.39 is 16.9 Å². The number of rotatable bonds is 3. The lowest BCUT2D eigenvalue weighted by molar-refractivity contribution is 0.0248. The van der Waals surface area contributed by atoms with Gasteiger partial charge in [0.25, 0.3) is 5.91 Å². The van der Waals surface area contributed by atoms with E-state index in [0.29, 0.717) is 18.7 Å². The van der Waals surface area contributed by atoms with Crippen molar-refractivity contribution in [1.82, 2.24) is 4.90 Å². The van der Waals surface area contributed by atoms with Crippen molar-refractivity contribution in [1.29, 1.82) is 0 Å². The minimum absolute atomic E-state index is 0.0604. The minimum atomic E-state index is -1.04. The average molecular weight is 309 g/mol. The Morgan fingerprint density at radius 2 is 1.95 bits per heavy atom. The molecule has 1 aliphatic heterocycles. The summed E-state index contributed by atoms with van der Waals surface area (Å²) in [5, 5.41) is 9.95. The van der Waals surface area contributed by atoms with E-state index in [4.69, 9.17) is 0 Å². The number of amides is 1. The molecule has 0 saturated carbocycles. The molecule has 0 aliphatic carbocycles. The van der Waals surface area contributed by atoms with E-state index >= 15 is 0 Å². The van der Waals surface area contributed by atoms with Crippen molar-refractivity contribution in [3.8, 4) is 0 Å². The van der Waals surface area contributed by atoms with Gasteiger partial charge in [-0.3, -0.25) is 9.00 Å². The molecule has 0 spiro atoms. The van der Waals surface area contributed by atoms with Crippen LogP contribution in [0.2, 0.25) is 0 Å². The maximum atomic E-state index is 12.4. The van der Waals surface area contributed by atoms with Crippen LogP contribution >= 0.6 is 0 Å². The quantitative estimate of drug-likeness (QED) is 0.929. The summed E-state index contributed by atoms with van der Waals surface area (Å²) in [6, 6.07) is 6.96. The van der Waals surface area contributed by atoms with Crippen LogP contribution in [0.1, 0.15) is 37.6 Å². The molecule has 0 radical (unpaired) electrons. The topological polar surface area (TPSA) is 57.6 Å². The highest BCUT2D eigenvalue weighted by atomic mass is 32.2. The molecule has 1 saturated heterocycles. The van der Waals surface area contributed by atoms with E-state index in [2.05, 4.69) is 0 Å². The van der Waals surface area contributed by atoms with Crippen molar-refractivity contribution >= 4 is 16.7 Å². The van der Waals surface area contributed by atoms with Gasteiger partial charge in [0.1, 0.15) is 0 Å². The number of aliphatic hydroxyl groups is 1. The van der Waals surface area contributed by atoms with Gasteiger partial charge in [0.2, 0.25) is 0 Å². The van der Waals surface area contributed by atoms with Gasteiger partial charge >= 0.3 is 0 Å². The molecule has 1 fully saturated rings. The summed E-state index contributed by atoms with van der Waals surface area (Å²) in [4.78, 5) is 14.8. The molecule has 1 heterocycles. The molecule has 1 aromatic rings. The number of piperidine rings is 1. The van der Waals surface area contributed by atoms with Gasteiger partial charge in [-0.15, -0.1) is 0 Å². The van der Waals surface area contributed by atoms with Gasteiger partial charge in [-0.05, 0) is 36.6 Å². The number of carbonyl (C=O) groups excluding carboxylic acids is 1. The molecule has 1 aromatic carbocycles. The van der Waals surface area contributed by atoms with Crippen LogP contribution in [-0.2, 0) is 10.8 Å². The van der Waals surface area contributed by atoms with Gasteiger partial charge in [-0.1, -0.05) is 20.8 Å². The molecule has 1 N–H and O–H groups in total. The smallest absolute Gasteiger partial charge is 0.253 e. The fourth-order valence-electron chi connectivity index (χ4n) is 2.42. The molecule has 5 heteroatoms. The van der Waals surface area contributed by atoms with E-state index in [9.17, 15) is 14.1 Å². The highest BCUT2D eigenvalue weighted by Crippen LogP contribution is 2.20. The van der Waals surface area contributed by atoms with Crippen LogP contribution in [0.25, 0.3) is 0 Å². The number of hydrogen-bond acceptors (Lipinski definition) is 3. The third-order valence-corrected chi connectivity index (χ3v) is 5.56. The van der Waals surface area contributed by atoms with E-state index in [0.717, 1.165) is 11.3 Å². The van der Waals surface area contributed by atoms with Crippen LogP contribution in [0.5, 0.6) is 0 Å². The SMILES string of the molecule is CC1CCN(C(=O)c2ccc(S(=O)C(C)C)cc2)CC1O. The number of hydrogen-bond donors (Lipinski definition) is 1. The fraction of sp³-hybridized carbons (Fsp3) is 0.562. The number of aliphatic hydroxyl groups excluding tert-OH is 1. The third-order valence-electron chi connectivity index (χ3n) is 3.97. The Morgan fingerprint density at radius 1 is 1.33 bits per heavy atom. The van der Waals surface area contributed by atoms with Crippen molar-refractivity contribution in [2.45, 2.75) is 43.4 Å². The largest absolute Gasteiger partial charge is 0.391 e. The van der Waals surface area contributed by atoms with E-state index in [1.165, 1.54) is 0 Å². The first-order valence-electron chi connectivity index (χ1n) is 7.38. The van der Waals surface area contributed by atoms with Crippen LogP contribution in [0.4, 0.5) is 0 Å². The lowest BCUT2D eigenvalue weighted by Gasteiger charge is -2.34. The summed E-state index contributed by atoms with van der Waals surface area (Å²) in [6.07, 6.45) is 0.373. The number of nitrogens with zero attached hydrogens (tertiary/aromatic N) is 1. The maximum Gasteiger partial charge on any atom is 0.253 e. The number of β-amino-alcohol motifs (C(OH)–C–C–N with tert-alkyl or cyclic N) is 1. The van der Waals surface area contributed by atoms with Gasteiger partial charge in [0, 0.05) is 28.8 Å². The Bertz CT molecular complexity index is 527. The maximum absolute atomic E-state index is 12.4. The Labute approximate surface area is 128 Å². The lowest BCUT2D eigenvalue weighted by atomic mass is 9.95. The van der Waals surface area contributed by atoms with Crippen LogP contribution in [0.3, 0.4) is 0 Å². The Balaban J connectivity index is 2.08. The van der Waals surface area contributed by atoms with Crippen molar-refractivity contribution in [3.63, 3.8) is 0 Å². The first-order valence-corrected chi connectivity index (χ1v) is 8.59. The number of benzene rings is 1. The summed E-state index contributed by atoms with van der Waals surface area (Å²) in [5.74, 6) is 0.174. The van der Waals surface area contributed by atoms with Gasteiger partial charge in [0.15, 0.2) is 0 Å². The molecule has 0 bridgehead atoms. The van der Waals surface area contributed by atoms with Crippen LogP contribution in [0.15, 0.2) is 29.2 Å². The summed E-state index contributed by atoms with van der Waals surface area (Å²) in [5.41, 5.74) is 0.584. The molecular weight excluding hydrogens is 286 g/mol. The average Bonchev–Trinajstić information content (AvgIpc) is 2.48. The molecule has 116 valence electrons. The van der Waals surface area contributed by atoms with Gasteiger partial charge in [-0.2, -0.15) is 0 Å². The zero-order valence-electron chi connectivity index (χ0n) is 12.8. The first-order chi connectivity index (χ1) is 9.90. The molecule has 1 aliphatic rings. The second-order valence-electron chi connectivity index (χ2n) is 5.96. The van der Waals surface area contributed by atoms with Crippen molar-refractivity contribution in [3.05, 3.63) is 29.8 Å². The van der Waals surface area contributed by atoms with Gasteiger partial charge < -0.3 is 10.0 Å². The van der Waals surface area contributed by atoms with Gasteiger partial charge in [-0.25, -0.2) is 0 Å². The lowest BCUT2D eigenvalue weighted by Crippen LogP contribution is -2.45. The van der Waals surface area contributed by atoms with Crippen LogP contribution in [-0.4, -0.2) is 44.6 Å². The molecule has 4 nitrogen and oxygen atoms in total. The summed E-state index contributed by atoms with van der Waals surface area (Å²) in [7, 11) is -1.04. The summed E-state index contributed by atoms with van der Waals surface area (Å²) in [6.45, 7) is 6.88. The predicted molar refractivity (Wildman–Crippen MR) is 83.7 cm³/mol. The molecule has 21 heavy (non-hydrogen) atoms. The minimum Gasteiger partial charge on any atom is -0.391 e. The molecule has 1 amide bonds. The molecular formula is C16H23NO3S. The Hall–Kier alpha value is -1.20. The van der Waals surface area contributed by atoms with Crippen molar-refractivity contribution < 1.29 is 14.1 Å². The normalized spacial score (nSPS) is 24.1. The Kier molecular flexibility index (Phi) is 5.17. The number of carbonyl (C=O) groups is 1. The molecule has 3 atom stereocenters. The van der Waals surface area contributed by atoms with E-state index in [1.54, 1.807) is 29.2 Å². The predicted octanol–water partition coefficient (Wildman–Crippen LogP) is 2.05. The number of likely N-dealkylation sites (tertiary alicyclic amines) is 1.